The van der Waals surface area contributed by atoms with Crippen molar-refractivity contribution in [3.63, 3.8) is 0 Å². The van der Waals surface area contributed by atoms with Crippen molar-refractivity contribution >= 4 is 11.5 Å². The Kier molecular flexibility index (Phi) is 4.48. The summed E-state index contributed by atoms with van der Waals surface area (Å²) in [5, 5.41) is 3.06. The van der Waals surface area contributed by atoms with Crippen LogP contribution in [-0.2, 0) is 6.54 Å². The summed E-state index contributed by atoms with van der Waals surface area (Å²) >= 11 is 0. The molecule has 0 amide bonds. The highest BCUT2D eigenvalue weighted by molar-refractivity contribution is 6.02. The lowest BCUT2D eigenvalue weighted by Gasteiger charge is -2.08. The van der Waals surface area contributed by atoms with Crippen LogP contribution in [0.5, 0.6) is 0 Å². The third-order valence-corrected chi connectivity index (χ3v) is 3.09. The Bertz CT molecular complexity index is 611. The molecule has 20 heavy (non-hydrogen) atoms. The Morgan fingerprint density at radius 2 is 1.95 bits per heavy atom. The van der Waals surface area contributed by atoms with E-state index in [1.165, 1.54) is 12.1 Å². The minimum absolute atomic E-state index is 0.137. The number of nitrogen functional groups attached to an aromatic ring is 1. The van der Waals surface area contributed by atoms with Crippen LogP contribution in [0.2, 0.25) is 0 Å². The average Bonchev–Trinajstić information content (AvgIpc) is 2.44. The average molecular weight is 272 g/mol. The molecule has 2 aromatic carbocycles. The smallest absolute Gasteiger partial charge is 0.178 e. The van der Waals surface area contributed by atoms with Crippen LogP contribution < -0.4 is 11.1 Å². The third-order valence-electron chi connectivity index (χ3n) is 3.09. The summed E-state index contributed by atoms with van der Waals surface area (Å²) < 4.78 is 13.3. The number of anilines is 1. The third kappa shape index (κ3) is 3.42. The van der Waals surface area contributed by atoms with Gasteiger partial charge in [-0.1, -0.05) is 30.3 Å². The van der Waals surface area contributed by atoms with E-state index in [1.54, 1.807) is 6.92 Å². The number of carbonyl (C=O) groups excluding carboxylic acids is 1. The molecular weight excluding hydrogens is 255 g/mol. The molecule has 0 saturated carbocycles. The highest BCUT2D eigenvalue weighted by Crippen LogP contribution is 2.17. The number of carbonyl (C=O) groups is 1. The minimum Gasteiger partial charge on any atom is -0.398 e. The fourth-order valence-electron chi connectivity index (χ4n) is 1.95. The Morgan fingerprint density at radius 3 is 2.65 bits per heavy atom. The number of nitrogens with one attached hydrogen (secondary N) is 1. The van der Waals surface area contributed by atoms with E-state index >= 15 is 0 Å². The van der Waals surface area contributed by atoms with Gasteiger partial charge < -0.3 is 11.1 Å². The maximum atomic E-state index is 13.3. The fourth-order valence-corrected chi connectivity index (χ4v) is 1.95. The van der Waals surface area contributed by atoms with Crippen molar-refractivity contribution in [3.05, 3.63) is 65.0 Å². The Morgan fingerprint density at radius 1 is 1.25 bits per heavy atom. The molecule has 0 heterocycles. The van der Waals surface area contributed by atoms with Gasteiger partial charge in [0.1, 0.15) is 5.82 Å². The molecule has 0 bridgehead atoms. The first-order chi connectivity index (χ1) is 9.58. The number of halogens is 1. The predicted octanol–water partition coefficient (Wildman–Crippen LogP) is 2.69. The van der Waals surface area contributed by atoms with Crippen LogP contribution in [0.25, 0.3) is 0 Å². The predicted molar refractivity (Wildman–Crippen MR) is 78.0 cm³/mol. The maximum Gasteiger partial charge on any atom is 0.178 e. The minimum atomic E-state index is -0.392. The van der Waals surface area contributed by atoms with E-state index < -0.39 is 5.82 Å². The molecule has 3 nitrogen and oxygen atoms in total. The van der Waals surface area contributed by atoms with Gasteiger partial charge in [0, 0.05) is 17.8 Å². The van der Waals surface area contributed by atoms with Crippen molar-refractivity contribution < 1.29 is 9.18 Å². The summed E-state index contributed by atoms with van der Waals surface area (Å²) in [5.74, 6) is -0.530. The number of aryl methyl sites for hydroxylation is 1. The topological polar surface area (TPSA) is 55.1 Å². The molecular formula is C16H17FN2O. The summed E-state index contributed by atoms with van der Waals surface area (Å²) in [6.07, 6.45) is 0. The first-order valence-corrected chi connectivity index (χ1v) is 6.41. The monoisotopic (exact) mass is 272 g/mol. The fraction of sp³-hybridized carbons (Fsp3) is 0.188. The molecule has 0 aromatic heterocycles. The molecule has 104 valence electrons. The van der Waals surface area contributed by atoms with E-state index in [-0.39, 0.29) is 18.0 Å². The largest absolute Gasteiger partial charge is 0.398 e. The Balaban J connectivity index is 1.97. The van der Waals surface area contributed by atoms with E-state index in [1.807, 2.05) is 30.3 Å². The molecule has 2 aromatic rings. The van der Waals surface area contributed by atoms with Gasteiger partial charge in [-0.2, -0.15) is 0 Å². The summed E-state index contributed by atoms with van der Waals surface area (Å²) in [6.45, 7) is 2.39. The lowest BCUT2D eigenvalue weighted by Crippen LogP contribution is -2.23. The van der Waals surface area contributed by atoms with Gasteiger partial charge in [-0.25, -0.2) is 4.39 Å². The molecule has 0 saturated heterocycles. The number of benzene rings is 2. The number of hydrogen-bond donors (Lipinski definition) is 2. The number of Topliss-reactive ketones (excluding diaryl/α,β-unsaturated/α-hetero) is 1. The molecule has 0 unspecified atom stereocenters. The molecule has 0 spiro atoms. The Hall–Kier alpha value is -2.20. The molecule has 0 radical (unpaired) electrons. The van der Waals surface area contributed by atoms with Crippen molar-refractivity contribution in [3.8, 4) is 0 Å². The first-order valence-electron chi connectivity index (χ1n) is 6.41. The molecule has 0 aliphatic carbocycles. The van der Waals surface area contributed by atoms with Crippen LogP contribution in [-0.4, -0.2) is 12.3 Å². The second kappa shape index (κ2) is 6.30. The summed E-state index contributed by atoms with van der Waals surface area (Å²) in [6, 6.07) is 12.5. The van der Waals surface area contributed by atoms with Gasteiger partial charge in [0.25, 0.3) is 0 Å². The van der Waals surface area contributed by atoms with E-state index in [4.69, 9.17) is 5.73 Å². The van der Waals surface area contributed by atoms with Crippen molar-refractivity contribution in [1.29, 1.82) is 0 Å². The highest BCUT2D eigenvalue weighted by Gasteiger charge is 2.12. The lowest BCUT2D eigenvalue weighted by molar-refractivity contribution is 0.0991. The van der Waals surface area contributed by atoms with Crippen LogP contribution in [0.15, 0.2) is 42.5 Å². The van der Waals surface area contributed by atoms with E-state index in [0.717, 1.165) is 5.56 Å². The molecule has 0 aliphatic rings. The van der Waals surface area contributed by atoms with Gasteiger partial charge in [-0.05, 0) is 30.2 Å². The van der Waals surface area contributed by atoms with Crippen molar-refractivity contribution in [2.45, 2.75) is 13.5 Å². The molecule has 3 N–H and O–H groups in total. The molecule has 0 aliphatic heterocycles. The van der Waals surface area contributed by atoms with Gasteiger partial charge in [-0.15, -0.1) is 0 Å². The SMILES string of the molecule is Cc1cc(C(=O)CNCc2ccccc2)c(N)cc1F. The first kappa shape index (κ1) is 14.2. The summed E-state index contributed by atoms with van der Waals surface area (Å²) in [5.41, 5.74) is 7.75. The Labute approximate surface area is 117 Å². The lowest BCUT2D eigenvalue weighted by atomic mass is 10.0. The molecule has 0 atom stereocenters. The molecule has 2 rings (SSSR count). The quantitative estimate of drug-likeness (QED) is 0.650. The van der Waals surface area contributed by atoms with Crippen LogP contribution in [0, 0.1) is 12.7 Å². The van der Waals surface area contributed by atoms with Crippen molar-refractivity contribution in [2.24, 2.45) is 0 Å². The van der Waals surface area contributed by atoms with Crippen LogP contribution in [0.1, 0.15) is 21.5 Å². The number of ketones is 1. The normalized spacial score (nSPS) is 10.5. The number of nitrogens with two attached hydrogens (primary N) is 1. The van der Waals surface area contributed by atoms with Gasteiger partial charge in [-0.3, -0.25) is 4.79 Å². The highest BCUT2D eigenvalue weighted by atomic mass is 19.1. The van der Waals surface area contributed by atoms with Crippen molar-refractivity contribution in [2.75, 3.05) is 12.3 Å². The standard InChI is InChI=1S/C16H17FN2O/c1-11-7-13(15(18)8-14(11)17)16(20)10-19-9-12-5-3-2-4-6-12/h2-8,19H,9-10,18H2,1H3. The zero-order chi connectivity index (χ0) is 14.5. The summed E-state index contributed by atoms with van der Waals surface area (Å²) in [7, 11) is 0. The maximum absolute atomic E-state index is 13.3. The number of hydrogen-bond acceptors (Lipinski definition) is 3. The number of rotatable bonds is 5. The molecule has 0 fully saturated rings. The zero-order valence-electron chi connectivity index (χ0n) is 11.3. The van der Waals surface area contributed by atoms with Crippen LogP contribution in [0.3, 0.4) is 0 Å². The van der Waals surface area contributed by atoms with Gasteiger partial charge in [0.05, 0.1) is 6.54 Å². The van der Waals surface area contributed by atoms with Gasteiger partial charge in [0.2, 0.25) is 0 Å². The van der Waals surface area contributed by atoms with E-state index in [0.29, 0.717) is 17.7 Å². The zero-order valence-corrected chi connectivity index (χ0v) is 11.3. The molecule has 4 heteroatoms. The summed E-state index contributed by atoms with van der Waals surface area (Å²) in [4.78, 5) is 12.1. The second-order valence-electron chi connectivity index (χ2n) is 4.70. The van der Waals surface area contributed by atoms with Crippen LogP contribution in [0.4, 0.5) is 10.1 Å². The van der Waals surface area contributed by atoms with Gasteiger partial charge in [0.15, 0.2) is 5.78 Å². The van der Waals surface area contributed by atoms with Crippen LogP contribution >= 0.6 is 0 Å². The second-order valence-corrected chi connectivity index (χ2v) is 4.70. The van der Waals surface area contributed by atoms with E-state index in [9.17, 15) is 9.18 Å². The van der Waals surface area contributed by atoms with E-state index in [2.05, 4.69) is 5.32 Å². The van der Waals surface area contributed by atoms with Gasteiger partial charge >= 0.3 is 0 Å². The van der Waals surface area contributed by atoms with Crippen molar-refractivity contribution in [1.82, 2.24) is 5.32 Å².